The molecule has 6 nitrogen and oxygen atoms in total. The summed E-state index contributed by atoms with van der Waals surface area (Å²) in [5.41, 5.74) is 2.70. The highest BCUT2D eigenvalue weighted by Crippen LogP contribution is 2.37. The lowest BCUT2D eigenvalue weighted by molar-refractivity contribution is -0.116. The predicted molar refractivity (Wildman–Crippen MR) is 125 cm³/mol. The monoisotopic (exact) mass is 427 g/mol. The topological polar surface area (TPSA) is 69.7 Å². The highest BCUT2D eigenvalue weighted by Gasteiger charge is 2.29. The summed E-state index contributed by atoms with van der Waals surface area (Å²) in [7, 11) is 0. The average molecular weight is 428 g/mol. The van der Waals surface area contributed by atoms with Gasteiger partial charge >= 0.3 is 0 Å². The number of carbonyl (C=O) groups excluding carboxylic acids is 3. The predicted octanol–water partition coefficient (Wildman–Crippen LogP) is 4.45. The molecule has 0 saturated carbocycles. The van der Waals surface area contributed by atoms with Gasteiger partial charge in [0.1, 0.15) is 0 Å². The zero-order chi connectivity index (χ0) is 22.1. The smallest absolute Gasteiger partial charge is 0.258 e. The van der Waals surface area contributed by atoms with Crippen LogP contribution in [0.4, 0.5) is 11.4 Å². The highest BCUT2D eigenvalue weighted by molar-refractivity contribution is 6.25. The van der Waals surface area contributed by atoms with Crippen molar-refractivity contribution in [1.82, 2.24) is 4.90 Å². The molecule has 0 atom stereocenters. The van der Waals surface area contributed by atoms with E-state index in [1.54, 1.807) is 17.0 Å². The number of carbonyl (C=O) groups is 3. The first-order valence-corrected chi connectivity index (χ1v) is 11.2. The molecule has 2 aliphatic heterocycles. The van der Waals surface area contributed by atoms with E-state index in [4.69, 9.17) is 0 Å². The van der Waals surface area contributed by atoms with Crippen molar-refractivity contribution < 1.29 is 14.4 Å². The van der Waals surface area contributed by atoms with Crippen molar-refractivity contribution >= 4 is 39.9 Å². The number of hydrogen-bond donors (Lipinski definition) is 1. The Hall–Kier alpha value is -3.67. The fourth-order valence-electron chi connectivity index (χ4n) is 4.68. The van der Waals surface area contributed by atoms with Gasteiger partial charge in [0.2, 0.25) is 5.91 Å². The highest BCUT2D eigenvalue weighted by atomic mass is 16.2. The third kappa shape index (κ3) is 3.62. The van der Waals surface area contributed by atoms with Crippen LogP contribution in [0.15, 0.2) is 60.7 Å². The van der Waals surface area contributed by atoms with Crippen LogP contribution in [0.3, 0.4) is 0 Å². The number of amides is 3. The van der Waals surface area contributed by atoms with Crippen LogP contribution in [-0.4, -0.2) is 42.3 Å². The zero-order valence-electron chi connectivity index (χ0n) is 17.8. The molecule has 3 aromatic rings. The Bertz CT molecular complexity index is 1210. The van der Waals surface area contributed by atoms with E-state index in [0.717, 1.165) is 48.0 Å². The SMILES string of the molecule is O=C(CCCN1C(=O)c2cccc3cccc1c23)Nc1ccccc1C(=O)N1CCCC1. The van der Waals surface area contributed by atoms with Crippen LogP contribution < -0.4 is 10.2 Å². The summed E-state index contributed by atoms with van der Waals surface area (Å²) in [6.45, 7) is 1.99. The van der Waals surface area contributed by atoms with Gasteiger partial charge in [0.15, 0.2) is 0 Å². The van der Waals surface area contributed by atoms with Crippen LogP contribution in [-0.2, 0) is 4.79 Å². The molecular weight excluding hydrogens is 402 g/mol. The van der Waals surface area contributed by atoms with Gasteiger partial charge < -0.3 is 15.1 Å². The molecule has 3 aromatic carbocycles. The molecule has 0 aromatic heterocycles. The van der Waals surface area contributed by atoms with Crippen molar-refractivity contribution in [3.05, 3.63) is 71.8 Å². The van der Waals surface area contributed by atoms with Crippen LogP contribution in [0.25, 0.3) is 10.8 Å². The van der Waals surface area contributed by atoms with Gasteiger partial charge in [0, 0.05) is 37.0 Å². The lowest BCUT2D eigenvalue weighted by Gasteiger charge is -2.19. The molecule has 1 saturated heterocycles. The van der Waals surface area contributed by atoms with Crippen LogP contribution in [0, 0.1) is 0 Å². The van der Waals surface area contributed by atoms with Gasteiger partial charge in [-0.2, -0.15) is 0 Å². The summed E-state index contributed by atoms with van der Waals surface area (Å²) in [6.07, 6.45) is 2.84. The Labute approximate surface area is 186 Å². The van der Waals surface area contributed by atoms with Crippen LogP contribution in [0.2, 0.25) is 0 Å². The maximum absolute atomic E-state index is 12.9. The third-order valence-corrected chi connectivity index (χ3v) is 6.26. The minimum atomic E-state index is -0.158. The maximum atomic E-state index is 12.9. The molecule has 2 heterocycles. The number of rotatable bonds is 6. The van der Waals surface area contributed by atoms with Gasteiger partial charge in [-0.1, -0.05) is 36.4 Å². The van der Waals surface area contributed by atoms with E-state index < -0.39 is 0 Å². The standard InChI is InChI=1S/C26H25N3O3/c30-23(27-21-12-2-1-10-19(21)25(31)28-15-3-4-16-28)14-7-17-29-22-13-6-9-18-8-5-11-20(24(18)22)26(29)32/h1-2,5-6,8-13H,3-4,7,14-17H2,(H,27,30). The van der Waals surface area contributed by atoms with Gasteiger partial charge in [-0.3, -0.25) is 14.4 Å². The van der Waals surface area contributed by atoms with Crippen molar-refractivity contribution in [3.8, 4) is 0 Å². The zero-order valence-corrected chi connectivity index (χ0v) is 17.8. The molecule has 1 fully saturated rings. The Morgan fingerprint density at radius 3 is 2.47 bits per heavy atom. The molecule has 162 valence electrons. The lowest BCUT2D eigenvalue weighted by Crippen LogP contribution is -2.29. The Morgan fingerprint density at radius 1 is 0.906 bits per heavy atom. The summed E-state index contributed by atoms with van der Waals surface area (Å²) >= 11 is 0. The van der Waals surface area contributed by atoms with E-state index in [9.17, 15) is 14.4 Å². The molecule has 6 heteroatoms. The minimum Gasteiger partial charge on any atom is -0.339 e. The van der Waals surface area contributed by atoms with E-state index in [1.807, 2.05) is 53.4 Å². The molecule has 0 aliphatic carbocycles. The second-order valence-corrected chi connectivity index (χ2v) is 8.33. The first-order valence-electron chi connectivity index (χ1n) is 11.2. The van der Waals surface area contributed by atoms with Crippen molar-refractivity contribution in [2.45, 2.75) is 25.7 Å². The van der Waals surface area contributed by atoms with Gasteiger partial charge in [0.25, 0.3) is 11.8 Å². The number of para-hydroxylation sites is 1. The van der Waals surface area contributed by atoms with E-state index in [1.165, 1.54) is 0 Å². The van der Waals surface area contributed by atoms with E-state index >= 15 is 0 Å². The number of nitrogens with zero attached hydrogens (tertiary/aromatic N) is 2. The minimum absolute atomic E-state index is 0.0150. The molecule has 2 aliphatic rings. The van der Waals surface area contributed by atoms with Crippen LogP contribution in [0.1, 0.15) is 46.4 Å². The summed E-state index contributed by atoms with van der Waals surface area (Å²) < 4.78 is 0. The van der Waals surface area contributed by atoms with Crippen molar-refractivity contribution in [3.63, 3.8) is 0 Å². The van der Waals surface area contributed by atoms with E-state index in [2.05, 4.69) is 5.32 Å². The van der Waals surface area contributed by atoms with Crippen LogP contribution in [0.5, 0.6) is 0 Å². The third-order valence-electron chi connectivity index (χ3n) is 6.26. The molecule has 0 bridgehead atoms. The number of hydrogen-bond acceptors (Lipinski definition) is 3. The number of benzene rings is 3. The van der Waals surface area contributed by atoms with Crippen molar-refractivity contribution in [2.75, 3.05) is 29.9 Å². The molecular formula is C26H25N3O3. The largest absolute Gasteiger partial charge is 0.339 e. The maximum Gasteiger partial charge on any atom is 0.258 e. The second kappa shape index (κ2) is 8.46. The first kappa shape index (κ1) is 20.2. The fraction of sp³-hybridized carbons (Fsp3) is 0.269. The molecule has 5 rings (SSSR count). The second-order valence-electron chi connectivity index (χ2n) is 8.33. The average Bonchev–Trinajstić information content (AvgIpc) is 3.44. The fourth-order valence-corrected chi connectivity index (χ4v) is 4.68. The number of nitrogens with one attached hydrogen (secondary N) is 1. The quantitative estimate of drug-likeness (QED) is 0.632. The normalized spacial score (nSPS) is 14.9. The van der Waals surface area contributed by atoms with Crippen LogP contribution >= 0.6 is 0 Å². The Balaban J connectivity index is 1.22. The van der Waals surface area contributed by atoms with Gasteiger partial charge in [-0.15, -0.1) is 0 Å². The van der Waals surface area contributed by atoms with E-state index in [-0.39, 0.29) is 24.1 Å². The first-order chi connectivity index (χ1) is 15.6. The van der Waals surface area contributed by atoms with Gasteiger partial charge in [-0.25, -0.2) is 0 Å². The summed E-state index contributed by atoms with van der Waals surface area (Å²) in [4.78, 5) is 41.9. The molecule has 3 amide bonds. The molecule has 0 radical (unpaired) electrons. The molecule has 0 unspecified atom stereocenters. The van der Waals surface area contributed by atoms with Crippen molar-refractivity contribution in [2.24, 2.45) is 0 Å². The summed E-state index contributed by atoms with van der Waals surface area (Å²) in [5.74, 6) is -0.209. The van der Waals surface area contributed by atoms with Gasteiger partial charge in [-0.05, 0) is 48.9 Å². The Morgan fingerprint density at radius 2 is 1.66 bits per heavy atom. The number of anilines is 2. The lowest BCUT2D eigenvalue weighted by atomic mass is 10.1. The summed E-state index contributed by atoms with van der Waals surface area (Å²) in [5, 5.41) is 4.93. The van der Waals surface area contributed by atoms with Crippen molar-refractivity contribution in [1.29, 1.82) is 0 Å². The molecule has 32 heavy (non-hydrogen) atoms. The van der Waals surface area contributed by atoms with E-state index in [0.29, 0.717) is 24.2 Å². The Kier molecular flexibility index (Phi) is 5.35. The number of likely N-dealkylation sites (tertiary alicyclic amines) is 1. The van der Waals surface area contributed by atoms with Gasteiger partial charge in [0.05, 0.1) is 16.9 Å². The summed E-state index contributed by atoms with van der Waals surface area (Å²) in [6, 6.07) is 18.8. The molecule has 0 spiro atoms. The molecule has 1 N–H and O–H groups in total.